The second-order valence-electron chi connectivity index (χ2n) is 9.03. The Morgan fingerprint density at radius 2 is 1.81 bits per heavy atom. The van der Waals surface area contributed by atoms with E-state index in [0.717, 1.165) is 5.56 Å². The van der Waals surface area contributed by atoms with E-state index >= 15 is 0 Å². The number of Topliss-reactive ketones (excluding diaryl/α,β-unsaturated/α-hetero) is 2. The quantitative estimate of drug-likeness (QED) is 0.381. The molecule has 1 aromatic heterocycles. The maximum atomic E-state index is 14.2. The molecule has 2 aliphatic carbocycles. The van der Waals surface area contributed by atoms with Gasteiger partial charge in [0.1, 0.15) is 17.7 Å². The predicted molar refractivity (Wildman–Crippen MR) is 114 cm³/mol. The Kier molecular flexibility index (Phi) is 4.45. The van der Waals surface area contributed by atoms with Gasteiger partial charge in [-0.3, -0.25) is 9.59 Å². The number of hydrogen-bond donors (Lipinski definition) is 0. The first-order valence-corrected chi connectivity index (χ1v) is 10.5. The average molecular weight is 432 g/mol. The third-order valence-electron chi connectivity index (χ3n) is 6.55. The van der Waals surface area contributed by atoms with Gasteiger partial charge in [0.15, 0.2) is 0 Å². The number of carbonyl (C=O) groups is 3. The Balaban J connectivity index is 1.68. The SMILES string of the molecule is Cc1coc2c1C(=O)C(=O)c1c-2ccc2c1C(OC(=O)c1ccccc1F)CCC2(C)C. The Morgan fingerprint density at radius 3 is 2.56 bits per heavy atom. The largest absolute Gasteiger partial charge is 0.463 e. The van der Waals surface area contributed by atoms with E-state index in [1.54, 1.807) is 19.1 Å². The number of fused-ring (bicyclic) bond motifs is 5. The molecule has 0 N–H and O–H groups in total. The molecule has 0 bridgehead atoms. The van der Waals surface area contributed by atoms with Crippen LogP contribution < -0.4 is 0 Å². The van der Waals surface area contributed by atoms with E-state index in [0.29, 0.717) is 35.3 Å². The van der Waals surface area contributed by atoms with Crippen LogP contribution in [0, 0.1) is 12.7 Å². The summed E-state index contributed by atoms with van der Waals surface area (Å²) in [5.74, 6) is -2.40. The number of rotatable bonds is 2. The summed E-state index contributed by atoms with van der Waals surface area (Å²) in [5.41, 5.74) is 2.49. The van der Waals surface area contributed by atoms with Crippen LogP contribution in [0.25, 0.3) is 11.3 Å². The molecule has 0 amide bonds. The highest BCUT2D eigenvalue weighted by molar-refractivity contribution is 6.53. The molecule has 0 aliphatic heterocycles. The maximum Gasteiger partial charge on any atom is 0.341 e. The number of aryl methyl sites for hydroxylation is 1. The van der Waals surface area contributed by atoms with Gasteiger partial charge in [0.25, 0.3) is 0 Å². The van der Waals surface area contributed by atoms with E-state index in [1.165, 1.54) is 24.5 Å². The Hall–Kier alpha value is -3.54. The first kappa shape index (κ1) is 20.4. The number of ketones is 2. The minimum Gasteiger partial charge on any atom is -0.463 e. The second-order valence-corrected chi connectivity index (χ2v) is 9.03. The molecular formula is C26H21FO5. The Labute approximate surface area is 184 Å². The minimum absolute atomic E-state index is 0.171. The fourth-order valence-electron chi connectivity index (χ4n) is 4.84. The van der Waals surface area contributed by atoms with Crippen molar-refractivity contribution in [3.8, 4) is 11.3 Å². The molecule has 1 unspecified atom stereocenters. The number of hydrogen-bond acceptors (Lipinski definition) is 5. The molecule has 5 nitrogen and oxygen atoms in total. The lowest BCUT2D eigenvalue weighted by Crippen LogP contribution is -2.33. The van der Waals surface area contributed by atoms with Crippen LogP contribution in [0.3, 0.4) is 0 Å². The fourth-order valence-corrected chi connectivity index (χ4v) is 4.84. The molecule has 0 fully saturated rings. The Morgan fingerprint density at radius 1 is 1.09 bits per heavy atom. The van der Waals surface area contributed by atoms with Gasteiger partial charge in [-0.15, -0.1) is 0 Å². The van der Waals surface area contributed by atoms with Crippen molar-refractivity contribution in [2.45, 2.75) is 45.1 Å². The van der Waals surface area contributed by atoms with Crippen LogP contribution in [0.1, 0.15) is 80.6 Å². The highest BCUT2D eigenvalue weighted by Crippen LogP contribution is 2.49. The number of benzene rings is 2. The van der Waals surface area contributed by atoms with Crippen molar-refractivity contribution in [2.24, 2.45) is 0 Å². The summed E-state index contributed by atoms with van der Waals surface area (Å²) in [7, 11) is 0. The smallest absolute Gasteiger partial charge is 0.341 e. The summed E-state index contributed by atoms with van der Waals surface area (Å²) in [4.78, 5) is 39.0. The highest BCUT2D eigenvalue weighted by atomic mass is 19.1. The van der Waals surface area contributed by atoms with Crippen LogP contribution in [-0.4, -0.2) is 17.5 Å². The van der Waals surface area contributed by atoms with Gasteiger partial charge in [-0.1, -0.05) is 38.1 Å². The van der Waals surface area contributed by atoms with Gasteiger partial charge in [-0.05, 0) is 48.4 Å². The van der Waals surface area contributed by atoms with Crippen LogP contribution in [0.5, 0.6) is 0 Å². The predicted octanol–water partition coefficient (Wildman–Crippen LogP) is 5.74. The summed E-state index contributed by atoms with van der Waals surface area (Å²) < 4.78 is 25.5. The zero-order valence-electron chi connectivity index (χ0n) is 18.0. The average Bonchev–Trinajstić information content (AvgIpc) is 3.15. The molecule has 1 heterocycles. The third-order valence-corrected chi connectivity index (χ3v) is 6.55. The maximum absolute atomic E-state index is 14.2. The summed E-state index contributed by atoms with van der Waals surface area (Å²) in [6.07, 6.45) is 1.82. The van der Waals surface area contributed by atoms with Crippen molar-refractivity contribution in [1.82, 2.24) is 0 Å². The van der Waals surface area contributed by atoms with Crippen molar-refractivity contribution < 1.29 is 27.9 Å². The number of halogens is 1. The molecule has 6 heteroatoms. The molecule has 3 aromatic rings. The van der Waals surface area contributed by atoms with E-state index in [-0.39, 0.29) is 22.1 Å². The monoisotopic (exact) mass is 432 g/mol. The van der Waals surface area contributed by atoms with Crippen LogP contribution in [-0.2, 0) is 10.2 Å². The summed E-state index contributed by atoms with van der Waals surface area (Å²) >= 11 is 0. The number of esters is 1. The van der Waals surface area contributed by atoms with Gasteiger partial charge in [-0.25, -0.2) is 9.18 Å². The molecule has 0 radical (unpaired) electrons. The zero-order valence-corrected chi connectivity index (χ0v) is 18.0. The van der Waals surface area contributed by atoms with Gasteiger partial charge in [-0.2, -0.15) is 0 Å². The first-order valence-electron chi connectivity index (χ1n) is 10.5. The van der Waals surface area contributed by atoms with E-state index in [9.17, 15) is 18.8 Å². The van der Waals surface area contributed by atoms with Gasteiger partial charge in [0.2, 0.25) is 11.6 Å². The lowest BCUT2D eigenvalue weighted by atomic mass is 9.68. The molecule has 0 spiro atoms. The van der Waals surface area contributed by atoms with Crippen LogP contribution >= 0.6 is 0 Å². The molecule has 1 atom stereocenters. The lowest BCUT2D eigenvalue weighted by molar-refractivity contribution is 0.0221. The first-order chi connectivity index (χ1) is 15.2. The van der Waals surface area contributed by atoms with E-state index in [2.05, 4.69) is 0 Å². The van der Waals surface area contributed by atoms with Crippen molar-refractivity contribution in [3.05, 3.63) is 81.9 Å². The minimum atomic E-state index is -0.805. The molecular weight excluding hydrogens is 411 g/mol. The number of furan rings is 1. The lowest BCUT2D eigenvalue weighted by Gasteiger charge is -2.38. The van der Waals surface area contributed by atoms with E-state index in [1.807, 2.05) is 19.9 Å². The summed E-state index contributed by atoms with van der Waals surface area (Å²) in [6, 6.07) is 9.30. The van der Waals surface area contributed by atoms with E-state index < -0.39 is 29.5 Å². The normalized spacial score (nSPS) is 18.6. The third kappa shape index (κ3) is 2.86. The molecule has 0 saturated heterocycles. The molecule has 2 aliphatic rings. The fraction of sp³-hybridized carbons (Fsp3) is 0.269. The van der Waals surface area contributed by atoms with Crippen molar-refractivity contribution in [1.29, 1.82) is 0 Å². The summed E-state index contributed by atoms with van der Waals surface area (Å²) in [6.45, 7) is 5.81. The number of carbonyl (C=O) groups excluding carboxylic acids is 3. The molecule has 0 saturated carbocycles. The van der Waals surface area contributed by atoms with Crippen LogP contribution in [0.2, 0.25) is 0 Å². The molecule has 2 aromatic carbocycles. The van der Waals surface area contributed by atoms with Gasteiger partial charge < -0.3 is 9.15 Å². The van der Waals surface area contributed by atoms with Gasteiger partial charge in [0, 0.05) is 16.7 Å². The Bertz CT molecular complexity index is 1310. The highest BCUT2D eigenvalue weighted by Gasteiger charge is 2.43. The summed E-state index contributed by atoms with van der Waals surface area (Å²) in [5, 5.41) is 0. The van der Waals surface area contributed by atoms with Gasteiger partial charge in [0.05, 0.1) is 17.4 Å². The zero-order chi connectivity index (χ0) is 22.8. The standard InChI is InChI=1S/C26H21FO5/c1-13-12-31-24-15-8-9-16-21(20(15)23(29)22(28)19(13)24)18(10-11-26(16,2)3)32-25(30)14-6-4-5-7-17(14)27/h4-9,12,18H,10-11H2,1-3H3. The number of ether oxygens (including phenoxy) is 1. The van der Waals surface area contributed by atoms with Crippen LogP contribution in [0.4, 0.5) is 4.39 Å². The van der Waals surface area contributed by atoms with Crippen molar-refractivity contribution in [2.75, 3.05) is 0 Å². The van der Waals surface area contributed by atoms with Crippen LogP contribution in [0.15, 0.2) is 47.1 Å². The molecule has 32 heavy (non-hydrogen) atoms. The van der Waals surface area contributed by atoms with Crippen molar-refractivity contribution in [3.63, 3.8) is 0 Å². The topological polar surface area (TPSA) is 73.6 Å². The molecule has 162 valence electrons. The second kappa shape index (κ2) is 6.99. The molecule has 5 rings (SSSR count). The van der Waals surface area contributed by atoms with Gasteiger partial charge >= 0.3 is 5.97 Å². The van der Waals surface area contributed by atoms with Crippen molar-refractivity contribution >= 4 is 17.5 Å². The van der Waals surface area contributed by atoms with E-state index in [4.69, 9.17) is 9.15 Å².